The van der Waals surface area contributed by atoms with E-state index in [0.717, 1.165) is 11.4 Å². The Labute approximate surface area is 162 Å². The standard InChI is InChI=1S/C21H20N4O3/c1-3-28-18-9-7-16(8-10-18)24-20-13-22-19(12-23-20)21(27)25-17-6-4-5-15(11-17)14(2)26/h4-13H,3H2,1-2H3,(H,23,24)(H,25,27). The van der Waals surface area contributed by atoms with Gasteiger partial charge in [-0.3, -0.25) is 9.59 Å². The molecule has 28 heavy (non-hydrogen) atoms. The second-order valence-corrected chi connectivity index (χ2v) is 5.96. The fraction of sp³-hybridized carbons (Fsp3) is 0.143. The second kappa shape index (κ2) is 8.77. The number of nitrogens with one attached hydrogen (secondary N) is 2. The van der Waals surface area contributed by atoms with Gasteiger partial charge in [0.05, 0.1) is 19.0 Å². The molecule has 0 unspecified atom stereocenters. The fourth-order valence-electron chi connectivity index (χ4n) is 2.47. The van der Waals surface area contributed by atoms with Crippen molar-refractivity contribution >= 4 is 28.9 Å². The maximum atomic E-state index is 12.3. The van der Waals surface area contributed by atoms with E-state index in [1.165, 1.54) is 19.3 Å². The molecule has 1 heterocycles. The molecule has 0 saturated carbocycles. The Morgan fingerprint density at radius 1 is 1.00 bits per heavy atom. The molecule has 0 aliphatic rings. The molecule has 3 rings (SSSR count). The van der Waals surface area contributed by atoms with Crippen LogP contribution < -0.4 is 15.4 Å². The predicted octanol–water partition coefficient (Wildman–Crippen LogP) is 4.07. The van der Waals surface area contributed by atoms with Gasteiger partial charge in [0.1, 0.15) is 17.3 Å². The monoisotopic (exact) mass is 376 g/mol. The third-order valence-electron chi connectivity index (χ3n) is 3.85. The van der Waals surface area contributed by atoms with Gasteiger partial charge in [0.25, 0.3) is 5.91 Å². The van der Waals surface area contributed by atoms with Crippen LogP contribution >= 0.6 is 0 Å². The van der Waals surface area contributed by atoms with Crippen LogP contribution in [0.3, 0.4) is 0 Å². The zero-order valence-corrected chi connectivity index (χ0v) is 15.6. The Morgan fingerprint density at radius 2 is 1.79 bits per heavy atom. The van der Waals surface area contributed by atoms with E-state index >= 15 is 0 Å². The molecule has 2 N–H and O–H groups in total. The molecule has 1 aromatic heterocycles. The van der Waals surface area contributed by atoms with Crippen LogP contribution in [0.25, 0.3) is 0 Å². The zero-order valence-electron chi connectivity index (χ0n) is 15.6. The SMILES string of the molecule is CCOc1ccc(Nc2cnc(C(=O)Nc3cccc(C(C)=O)c3)cn2)cc1. The highest BCUT2D eigenvalue weighted by molar-refractivity contribution is 6.03. The van der Waals surface area contributed by atoms with Crippen molar-refractivity contribution in [2.45, 2.75) is 13.8 Å². The summed E-state index contributed by atoms with van der Waals surface area (Å²) in [5.41, 5.74) is 2.05. The Kier molecular flexibility index (Phi) is 5.96. The molecular formula is C21H20N4O3. The predicted molar refractivity (Wildman–Crippen MR) is 107 cm³/mol. The van der Waals surface area contributed by atoms with Gasteiger partial charge in [-0.05, 0) is 50.2 Å². The van der Waals surface area contributed by atoms with Crippen molar-refractivity contribution in [3.8, 4) is 5.75 Å². The van der Waals surface area contributed by atoms with E-state index < -0.39 is 5.91 Å². The molecule has 0 bridgehead atoms. The highest BCUT2D eigenvalue weighted by atomic mass is 16.5. The van der Waals surface area contributed by atoms with Crippen molar-refractivity contribution in [3.63, 3.8) is 0 Å². The van der Waals surface area contributed by atoms with Gasteiger partial charge in [-0.2, -0.15) is 0 Å². The van der Waals surface area contributed by atoms with Gasteiger partial charge in [0.2, 0.25) is 0 Å². The van der Waals surface area contributed by atoms with Crippen LogP contribution in [0.5, 0.6) is 5.75 Å². The van der Waals surface area contributed by atoms with Gasteiger partial charge in [0.15, 0.2) is 5.78 Å². The summed E-state index contributed by atoms with van der Waals surface area (Å²) in [5.74, 6) is 0.834. The topological polar surface area (TPSA) is 93.2 Å². The van der Waals surface area contributed by atoms with Gasteiger partial charge < -0.3 is 15.4 Å². The Bertz CT molecular complexity index is 970. The summed E-state index contributed by atoms with van der Waals surface area (Å²) < 4.78 is 5.40. The summed E-state index contributed by atoms with van der Waals surface area (Å²) in [4.78, 5) is 32.1. The minimum atomic E-state index is -0.402. The van der Waals surface area contributed by atoms with E-state index in [4.69, 9.17) is 4.74 Å². The molecule has 1 amide bonds. The Morgan fingerprint density at radius 3 is 2.43 bits per heavy atom. The molecule has 7 heteroatoms. The summed E-state index contributed by atoms with van der Waals surface area (Å²) in [5, 5.41) is 5.82. The normalized spacial score (nSPS) is 10.2. The summed E-state index contributed by atoms with van der Waals surface area (Å²) in [7, 11) is 0. The number of ether oxygens (including phenoxy) is 1. The number of ketones is 1. The van der Waals surface area contributed by atoms with Gasteiger partial charge in [-0.1, -0.05) is 12.1 Å². The molecule has 0 spiro atoms. The number of nitrogens with zero attached hydrogens (tertiary/aromatic N) is 2. The fourth-order valence-corrected chi connectivity index (χ4v) is 2.47. The molecule has 0 aliphatic heterocycles. The lowest BCUT2D eigenvalue weighted by atomic mass is 10.1. The number of hydrogen-bond acceptors (Lipinski definition) is 6. The first kappa shape index (κ1) is 19.0. The van der Waals surface area contributed by atoms with Crippen LogP contribution in [0, 0.1) is 0 Å². The van der Waals surface area contributed by atoms with Crippen molar-refractivity contribution in [2.24, 2.45) is 0 Å². The van der Waals surface area contributed by atoms with Crippen LogP contribution in [0.15, 0.2) is 60.9 Å². The highest BCUT2D eigenvalue weighted by Crippen LogP contribution is 2.19. The molecule has 0 saturated heterocycles. The first-order valence-corrected chi connectivity index (χ1v) is 8.79. The lowest BCUT2D eigenvalue weighted by Gasteiger charge is -2.08. The second-order valence-electron chi connectivity index (χ2n) is 5.96. The van der Waals surface area contributed by atoms with Crippen LogP contribution in [-0.2, 0) is 0 Å². The van der Waals surface area contributed by atoms with Crippen LogP contribution in [0.1, 0.15) is 34.7 Å². The van der Waals surface area contributed by atoms with Gasteiger partial charge >= 0.3 is 0 Å². The number of carbonyl (C=O) groups is 2. The van der Waals surface area contributed by atoms with Crippen LogP contribution in [0.4, 0.5) is 17.2 Å². The zero-order chi connectivity index (χ0) is 19.9. The molecule has 0 atom stereocenters. The minimum Gasteiger partial charge on any atom is -0.494 e. The molecule has 0 fully saturated rings. The number of benzene rings is 2. The average Bonchev–Trinajstić information content (AvgIpc) is 2.70. The van der Waals surface area contributed by atoms with Crippen molar-refractivity contribution in [1.82, 2.24) is 9.97 Å². The molecule has 3 aromatic rings. The van der Waals surface area contributed by atoms with E-state index in [9.17, 15) is 9.59 Å². The number of Topliss-reactive ketones (excluding diaryl/α,β-unsaturated/α-hetero) is 1. The highest BCUT2D eigenvalue weighted by Gasteiger charge is 2.10. The Hall–Kier alpha value is -3.74. The average molecular weight is 376 g/mol. The van der Waals surface area contributed by atoms with Crippen molar-refractivity contribution in [3.05, 3.63) is 72.2 Å². The number of aromatic nitrogens is 2. The summed E-state index contributed by atoms with van der Waals surface area (Å²) in [6, 6.07) is 14.2. The smallest absolute Gasteiger partial charge is 0.275 e. The number of hydrogen-bond donors (Lipinski definition) is 2. The number of carbonyl (C=O) groups excluding carboxylic acids is 2. The summed E-state index contributed by atoms with van der Waals surface area (Å²) >= 11 is 0. The quantitative estimate of drug-likeness (QED) is 0.604. The van der Waals surface area contributed by atoms with Crippen LogP contribution in [-0.4, -0.2) is 28.3 Å². The van der Waals surface area contributed by atoms with E-state index in [0.29, 0.717) is 23.7 Å². The minimum absolute atomic E-state index is 0.0689. The van der Waals surface area contributed by atoms with E-state index in [1.54, 1.807) is 24.3 Å². The third kappa shape index (κ3) is 4.91. The molecule has 2 aromatic carbocycles. The van der Waals surface area contributed by atoms with Crippen molar-refractivity contribution in [1.29, 1.82) is 0 Å². The summed E-state index contributed by atoms with van der Waals surface area (Å²) in [6.07, 6.45) is 2.87. The number of amides is 1. The lowest BCUT2D eigenvalue weighted by molar-refractivity contribution is 0.100. The molecule has 0 radical (unpaired) electrons. The number of rotatable bonds is 7. The third-order valence-corrected chi connectivity index (χ3v) is 3.85. The van der Waals surface area contributed by atoms with Gasteiger partial charge in [0, 0.05) is 16.9 Å². The maximum Gasteiger partial charge on any atom is 0.275 e. The molecule has 0 aliphatic carbocycles. The number of anilines is 3. The van der Waals surface area contributed by atoms with Crippen LogP contribution in [0.2, 0.25) is 0 Å². The van der Waals surface area contributed by atoms with E-state index in [1.807, 2.05) is 31.2 Å². The first-order chi connectivity index (χ1) is 13.5. The molecule has 142 valence electrons. The van der Waals surface area contributed by atoms with Crippen molar-refractivity contribution < 1.29 is 14.3 Å². The van der Waals surface area contributed by atoms with E-state index in [-0.39, 0.29) is 11.5 Å². The molecular weight excluding hydrogens is 356 g/mol. The lowest BCUT2D eigenvalue weighted by Crippen LogP contribution is -2.14. The van der Waals surface area contributed by atoms with E-state index in [2.05, 4.69) is 20.6 Å². The first-order valence-electron chi connectivity index (χ1n) is 8.79. The van der Waals surface area contributed by atoms with Gasteiger partial charge in [-0.25, -0.2) is 9.97 Å². The molecule has 7 nitrogen and oxygen atoms in total. The van der Waals surface area contributed by atoms with Gasteiger partial charge in [-0.15, -0.1) is 0 Å². The summed E-state index contributed by atoms with van der Waals surface area (Å²) in [6.45, 7) is 4.02. The Balaban J connectivity index is 1.64. The largest absolute Gasteiger partial charge is 0.494 e. The van der Waals surface area contributed by atoms with Crippen molar-refractivity contribution in [2.75, 3.05) is 17.2 Å². The maximum absolute atomic E-state index is 12.3.